The number of ether oxygens (including phenoxy) is 1. The third-order valence-electron chi connectivity index (χ3n) is 3.95. The summed E-state index contributed by atoms with van der Waals surface area (Å²) in [7, 11) is 1.40. The molecule has 0 aliphatic carbocycles. The van der Waals surface area contributed by atoms with Crippen LogP contribution in [0.3, 0.4) is 0 Å². The van der Waals surface area contributed by atoms with E-state index in [1.54, 1.807) is 36.4 Å². The largest absolute Gasteiger partial charge is 0.488 e. The third-order valence-corrected chi connectivity index (χ3v) is 4.44. The van der Waals surface area contributed by atoms with E-state index in [4.69, 9.17) is 9.84 Å². The van der Waals surface area contributed by atoms with Gasteiger partial charge in [-0.2, -0.15) is 0 Å². The van der Waals surface area contributed by atoms with E-state index in [0.717, 1.165) is 14.9 Å². The van der Waals surface area contributed by atoms with E-state index in [1.165, 1.54) is 19.2 Å². The van der Waals surface area contributed by atoms with Gasteiger partial charge in [0.2, 0.25) is 0 Å². The number of amides is 3. The summed E-state index contributed by atoms with van der Waals surface area (Å²) < 4.78 is 6.62. The van der Waals surface area contributed by atoms with Crippen molar-refractivity contribution in [1.29, 1.82) is 0 Å². The summed E-state index contributed by atoms with van der Waals surface area (Å²) in [6.07, 6.45) is 1.55. The summed E-state index contributed by atoms with van der Waals surface area (Å²) in [6, 6.07) is 11.2. The van der Waals surface area contributed by atoms with Crippen LogP contribution in [0.1, 0.15) is 21.5 Å². The van der Waals surface area contributed by atoms with Crippen LogP contribution in [0.25, 0.3) is 6.08 Å². The fraction of sp³-hybridized carbons (Fsp3) is 0.105. The lowest BCUT2D eigenvalue weighted by Gasteiger charge is -2.11. The number of aromatic carboxylic acids is 1. The lowest BCUT2D eigenvalue weighted by atomic mass is 10.1. The normalized spacial score (nSPS) is 15.2. The number of hydrogen-bond donors (Lipinski definition) is 2. The maximum absolute atomic E-state index is 12.1. The molecule has 1 fully saturated rings. The molecule has 1 heterocycles. The Morgan fingerprint density at radius 3 is 2.52 bits per heavy atom. The van der Waals surface area contributed by atoms with E-state index in [9.17, 15) is 14.4 Å². The summed E-state index contributed by atoms with van der Waals surface area (Å²) in [4.78, 5) is 35.5. The number of carboxylic acids is 1. The van der Waals surface area contributed by atoms with E-state index >= 15 is 0 Å². The fourth-order valence-corrected chi connectivity index (χ4v) is 2.83. The molecule has 8 heteroatoms. The third kappa shape index (κ3) is 4.17. The number of carbonyl (C=O) groups is 3. The molecular formula is C19H15BrN2O5. The molecule has 0 aromatic heterocycles. The number of benzene rings is 2. The summed E-state index contributed by atoms with van der Waals surface area (Å²) >= 11 is 3.38. The van der Waals surface area contributed by atoms with Crippen molar-refractivity contribution in [2.24, 2.45) is 0 Å². The Balaban J connectivity index is 1.81. The highest BCUT2D eigenvalue weighted by Gasteiger charge is 2.30. The van der Waals surface area contributed by atoms with Crippen LogP contribution in [0.5, 0.6) is 5.75 Å². The maximum Gasteiger partial charge on any atom is 0.335 e. The van der Waals surface area contributed by atoms with E-state index in [1.807, 2.05) is 0 Å². The zero-order valence-corrected chi connectivity index (χ0v) is 15.8. The van der Waals surface area contributed by atoms with E-state index in [-0.39, 0.29) is 17.9 Å². The molecule has 2 aromatic rings. The number of nitrogens with zero attached hydrogens (tertiary/aromatic N) is 1. The Hall–Kier alpha value is -3.13. The second-order valence-electron chi connectivity index (χ2n) is 5.83. The molecule has 0 atom stereocenters. The van der Waals surface area contributed by atoms with Crippen molar-refractivity contribution in [1.82, 2.24) is 10.2 Å². The molecule has 1 aliphatic heterocycles. The van der Waals surface area contributed by atoms with Gasteiger partial charge in [-0.3, -0.25) is 9.69 Å². The van der Waals surface area contributed by atoms with Crippen LogP contribution in [0.2, 0.25) is 0 Å². The van der Waals surface area contributed by atoms with Gasteiger partial charge in [-0.05, 0) is 42.0 Å². The average Bonchev–Trinajstić information content (AvgIpc) is 2.88. The SMILES string of the molecule is CN1C(=O)N/C(=C/c2cc(Br)ccc2OCc2ccc(C(=O)O)cc2)C1=O. The molecule has 3 rings (SSSR count). The van der Waals surface area contributed by atoms with Crippen molar-refractivity contribution < 1.29 is 24.2 Å². The molecule has 138 valence electrons. The lowest BCUT2D eigenvalue weighted by molar-refractivity contribution is -0.121. The quantitative estimate of drug-likeness (QED) is 0.560. The number of imide groups is 1. The summed E-state index contributed by atoms with van der Waals surface area (Å²) in [5.74, 6) is -0.891. The number of halogens is 1. The minimum atomic E-state index is -0.988. The van der Waals surface area contributed by atoms with Crippen LogP contribution < -0.4 is 10.1 Å². The standard InChI is InChI=1S/C19H15BrN2O5/c1-22-17(23)15(21-19(22)26)9-13-8-14(20)6-7-16(13)27-10-11-2-4-12(5-3-11)18(24)25/h2-9H,10H2,1H3,(H,21,26)(H,24,25)/b15-9+. The molecule has 0 bridgehead atoms. The van der Waals surface area contributed by atoms with Gasteiger partial charge in [0.25, 0.3) is 5.91 Å². The molecule has 0 saturated carbocycles. The van der Waals surface area contributed by atoms with Gasteiger partial charge in [-0.25, -0.2) is 9.59 Å². The van der Waals surface area contributed by atoms with Gasteiger partial charge in [0.1, 0.15) is 18.1 Å². The number of carboxylic acid groups (broad SMARTS) is 1. The van der Waals surface area contributed by atoms with Crippen LogP contribution in [0.4, 0.5) is 4.79 Å². The molecular weight excluding hydrogens is 416 g/mol. The first-order valence-electron chi connectivity index (χ1n) is 7.90. The number of likely N-dealkylation sites (N-methyl/N-ethyl adjacent to an activating group) is 1. The van der Waals surface area contributed by atoms with Crippen LogP contribution in [0.15, 0.2) is 52.6 Å². The predicted octanol–water partition coefficient (Wildman–Crippen LogP) is 3.25. The van der Waals surface area contributed by atoms with Crippen LogP contribution in [-0.4, -0.2) is 35.0 Å². The highest BCUT2D eigenvalue weighted by molar-refractivity contribution is 9.10. The second-order valence-corrected chi connectivity index (χ2v) is 6.74. The summed E-state index contributed by atoms with van der Waals surface area (Å²) in [5.41, 5.74) is 1.78. The minimum absolute atomic E-state index is 0.163. The highest BCUT2D eigenvalue weighted by Crippen LogP contribution is 2.27. The zero-order chi connectivity index (χ0) is 19.6. The maximum atomic E-state index is 12.1. The van der Waals surface area contributed by atoms with Gasteiger partial charge in [0, 0.05) is 17.1 Å². The Morgan fingerprint density at radius 2 is 1.93 bits per heavy atom. The van der Waals surface area contributed by atoms with Gasteiger partial charge >= 0.3 is 12.0 Å². The van der Waals surface area contributed by atoms with Crippen molar-refractivity contribution >= 4 is 39.9 Å². The number of urea groups is 1. The van der Waals surface area contributed by atoms with Crippen molar-refractivity contribution in [3.8, 4) is 5.75 Å². The van der Waals surface area contributed by atoms with Crippen molar-refractivity contribution in [3.05, 3.63) is 69.3 Å². The molecule has 2 N–H and O–H groups in total. The van der Waals surface area contributed by atoms with Crippen LogP contribution in [0, 0.1) is 0 Å². The first-order valence-corrected chi connectivity index (χ1v) is 8.70. The molecule has 7 nitrogen and oxygen atoms in total. The first kappa shape index (κ1) is 18.7. The number of carbonyl (C=O) groups excluding carboxylic acids is 2. The first-order chi connectivity index (χ1) is 12.8. The molecule has 0 spiro atoms. The van der Waals surface area contributed by atoms with Crippen LogP contribution >= 0.6 is 15.9 Å². The topological polar surface area (TPSA) is 95.9 Å². The minimum Gasteiger partial charge on any atom is -0.488 e. The fourth-order valence-electron chi connectivity index (χ4n) is 2.45. The molecule has 0 unspecified atom stereocenters. The van der Waals surface area contributed by atoms with Gasteiger partial charge in [-0.15, -0.1) is 0 Å². The Morgan fingerprint density at radius 1 is 1.22 bits per heavy atom. The van der Waals surface area contributed by atoms with Gasteiger partial charge in [-0.1, -0.05) is 28.1 Å². The molecule has 2 aromatic carbocycles. The second kappa shape index (κ2) is 7.63. The van der Waals surface area contributed by atoms with E-state index in [2.05, 4.69) is 21.2 Å². The molecule has 27 heavy (non-hydrogen) atoms. The Labute approximate surface area is 163 Å². The van der Waals surface area contributed by atoms with E-state index < -0.39 is 17.9 Å². The Bertz CT molecular complexity index is 953. The van der Waals surface area contributed by atoms with Gasteiger partial charge < -0.3 is 15.2 Å². The monoisotopic (exact) mass is 430 g/mol. The van der Waals surface area contributed by atoms with Crippen LogP contribution in [-0.2, 0) is 11.4 Å². The number of rotatable bonds is 5. The predicted molar refractivity (Wildman–Crippen MR) is 101 cm³/mol. The number of hydrogen-bond acceptors (Lipinski definition) is 4. The van der Waals surface area contributed by atoms with Gasteiger partial charge in [0.15, 0.2) is 0 Å². The zero-order valence-electron chi connectivity index (χ0n) is 14.2. The summed E-state index contributed by atoms with van der Waals surface area (Å²) in [6.45, 7) is 0.220. The highest BCUT2D eigenvalue weighted by atomic mass is 79.9. The van der Waals surface area contributed by atoms with Crippen molar-refractivity contribution in [3.63, 3.8) is 0 Å². The van der Waals surface area contributed by atoms with Gasteiger partial charge in [0.05, 0.1) is 5.56 Å². The van der Waals surface area contributed by atoms with E-state index in [0.29, 0.717) is 11.3 Å². The molecule has 1 aliphatic rings. The van der Waals surface area contributed by atoms with Crippen molar-refractivity contribution in [2.45, 2.75) is 6.61 Å². The Kier molecular flexibility index (Phi) is 5.27. The van der Waals surface area contributed by atoms with Crippen molar-refractivity contribution in [2.75, 3.05) is 7.05 Å². The smallest absolute Gasteiger partial charge is 0.335 e. The molecule has 0 radical (unpaired) electrons. The molecule has 1 saturated heterocycles. The summed E-state index contributed by atoms with van der Waals surface area (Å²) in [5, 5.41) is 11.4. The number of nitrogens with one attached hydrogen (secondary N) is 1. The lowest BCUT2D eigenvalue weighted by Crippen LogP contribution is -2.25. The average molecular weight is 431 g/mol. The molecule has 3 amide bonds.